The number of hydrogen-bond acceptors (Lipinski definition) is 5. The van der Waals surface area contributed by atoms with Gasteiger partial charge in [-0.25, -0.2) is 18.7 Å². The molecular weight excluding hydrogens is 434 g/mol. The van der Waals surface area contributed by atoms with Crippen molar-refractivity contribution in [2.45, 2.75) is 32.4 Å². The molecule has 0 amide bonds. The van der Waals surface area contributed by atoms with Crippen molar-refractivity contribution in [2.24, 2.45) is 0 Å². The molecule has 32 heavy (non-hydrogen) atoms. The normalized spacial score (nSPS) is 12.7. The minimum absolute atomic E-state index is 0.192. The first-order chi connectivity index (χ1) is 15.1. The molecule has 5 nitrogen and oxygen atoms in total. The van der Waals surface area contributed by atoms with Crippen molar-refractivity contribution in [2.75, 3.05) is 5.32 Å². The number of nitrogens with one attached hydrogen (secondary N) is 1. The molecular formula is C24H21ClF2N4O. The summed E-state index contributed by atoms with van der Waals surface area (Å²) in [5.41, 5.74) is 1.85. The van der Waals surface area contributed by atoms with Crippen molar-refractivity contribution in [3.8, 4) is 11.1 Å². The summed E-state index contributed by atoms with van der Waals surface area (Å²) in [7, 11) is 0. The Balaban J connectivity index is 1.75. The standard InChI is InChI=1S/C24H21ClF2N4O/c1-13(17-9-16(26)5-6-20(17)27)31-22-18-8-14(4-7-21(18)28-12-19(22)25)15-10-29-23(30-11-15)24(2,3)32/h4-13,32H,1-3H3,(H,28,31). The van der Waals surface area contributed by atoms with Gasteiger partial charge >= 0.3 is 0 Å². The monoisotopic (exact) mass is 454 g/mol. The maximum Gasteiger partial charge on any atom is 0.159 e. The molecule has 0 aliphatic carbocycles. The highest BCUT2D eigenvalue weighted by Crippen LogP contribution is 2.35. The second-order valence-corrected chi connectivity index (χ2v) is 8.51. The first kappa shape index (κ1) is 22.0. The molecule has 0 aliphatic heterocycles. The van der Waals surface area contributed by atoms with Crippen molar-refractivity contribution >= 4 is 28.2 Å². The largest absolute Gasteiger partial charge is 0.382 e. The molecule has 4 aromatic rings. The van der Waals surface area contributed by atoms with Crippen LogP contribution in [0.1, 0.15) is 38.2 Å². The summed E-state index contributed by atoms with van der Waals surface area (Å²) in [5.74, 6) is -0.705. The SMILES string of the molecule is CC(Nc1c(Cl)cnc2ccc(-c3cnc(C(C)(C)O)nc3)cc12)c1cc(F)ccc1F. The zero-order chi connectivity index (χ0) is 23.0. The Hall–Kier alpha value is -3.16. The van der Waals surface area contributed by atoms with Crippen LogP contribution in [-0.4, -0.2) is 20.1 Å². The van der Waals surface area contributed by atoms with Gasteiger partial charge < -0.3 is 10.4 Å². The Morgan fingerprint density at radius 2 is 1.69 bits per heavy atom. The lowest BCUT2D eigenvalue weighted by Crippen LogP contribution is -2.19. The van der Waals surface area contributed by atoms with E-state index in [1.54, 1.807) is 33.2 Å². The lowest BCUT2D eigenvalue weighted by molar-refractivity contribution is 0.0687. The fraction of sp³-hybridized carbons (Fsp3) is 0.208. The molecule has 0 fully saturated rings. The van der Waals surface area contributed by atoms with Crippen molar-refractivity contribution in [3.63, 3.8) is 0 Å². The fourth-order valence-corrected chi connectivity index (χ4v) is 3.63. The first-order valence-electron chi connectivity index (χ1n) is 9.98. The summed E-state index contributed by atoms with van der Waals surface area (Å²) in [6.07, 6.45) is 4.79. The lowest BCUT2D eigenvalue weighted by Gasteiger charge is -2.19. The van der Waals surface area contributed by atoms with Gasteiger partial charge in [0.1, 0.15) is 17.2 Å². The van der Waals surface area contributed by atoms with E-state index in [4.69, 9.17) is 11.6 Å². The number of halogens is 3. The zero-order valence-corrected chi connectivity index (χ0v) is 18.5. The van der Waals surface area contributed by atoms with Gasteiger partial charge in [0.05, 0.1) is 22.3 Å². The Bertz CT molecular complexity index is 1290. The minimum Gasteiger partial charge on any atom is -0.382 e. The van der Waals surface area contributed by atoms with E-state index in [-0.39, 0.29) is 5.56 Å². The smallest absolute Gasteiger partial charge is 0.159 e. The van der Waals surface area contributed by atoms with Crippen molar-refractivity contribution in [3.05, 3.63) is 83.0 Å². The van der Waals surface area contributed by atoms with E-state index >= 15 is 0 Å². The Morgan fingerprint density at radius 1 is 0.969 bits per heavy atom. The number of benzene rings is 2. The van der Waals surface area contributed by atoms with E-state index in [2.05, 4.69) is 20.3 Å². The highest BCUT2D eigenvalue weighted by molar-refractivity contribution is 6.34. The zero-order valence-electron chi connectivity index (χ0n) is 17.7. The third-order valence-electron chi connectivity index (χ3n) is 5.14. The van der Waals surface area contributed by atoms with Gasteiger partial charge in [-0.2, -0.15) is 0 Å². The van der Waals surface area contributed by atoms with Gasteiger partial charge in [-0.15, -0.1) is 0 Å². The van der Waals surface area contributed by atoms with E-state index in [1.807, 2.05) is 18.2 Å². The van der Waals surface area contributed by atoms with Crippen LogP contribution in [0.5, 0.6) is 0 Å². The van der Waals surface area contributed by atoms with Crippen LogP contribution >= 0.6 is 11.6 Å². The molecule has 0 spiro atoms. The Kier molecular flexibility index (Phi) is 5.79. The predicted octanol–water partition coefficient (Wildman–Crippen LogP) is 6.02. The number of rotatable bonds is 5. The third-order valence-corrected chi connectivity index (χ3v) is 5.43. The van der Waals surface area contributed by atoms with E-state index in [9.17, 15) is 13.9 Å². The van der Waals surface area contributed by atoms with E-state index in [1.165, 1.54) is 6.20 Å². The molecule has 1 unspecified atom stereocenters. The molecule has 0 aliphatic rings. The first-order valence-corrected chi connectivity index (χ1v) is 10.4. The molecule has 8 heteroatoms. The predicted molar refractivity (Wildman–Crippen MR) is 121 cm³/mol. The Labute approximate surface area is 189 Å². The average Bonchev–Trinajstić information content (AvgIpc) is 2.76. The molecule has 2 heterocycles. The Morgan fingerprint density at radius 3 is 2.38 bits per heavy atom. The number of nitrogens with zero attached hydrogens (tertiary/aromatic N) is 3. The molecule has 0 saturated carbocycles. The van der Waals surface area contributed by atoms with Crippen LogP contribution in [0.15, 0.2) is 55.0 Å². The number of fused-ring (bicyclic) bond motifs is 1. The number of aromatic nitrogens is 3. The summed E-state index contributed by atoms with van der Waals surface area (Å²) in [5, 5.41) is 14.3. The molecule has 0 saturated heterocycles. The van der Waals surface area contributed by atoms with Gasteiger partial charge in [0.25, 0.3) is 0 Å². The third kappa shape index (κ3) is 4.40. The highest BCUT2D eigenvalue weighted by atomic mass is 35.5. The molecule has 2 N–H and O–H groups in total. The summed E-state index contributed by atoms with van der Waals surface area (Å²) in [6.45, 7) is 4.96. The van der Waals surface area contributed by atoms with E-state index in [0.29, 0.717) is 27.4 Å². The lowest BCUT2D eigenvalue weighted by atomic mass is 10.0. The van der Waals surface area contributed by atoms with Crippen LogP contribution in [-0.2, 0) is 5.60 Å². The fourth-order valence-electron chi connectivity index (χ4n) is 3.43. The van der Waals surface area contributed by atoms with Gasteiger partial charge in [0.2, 0.25) is 0 Å². The second kappa shape index (κ2) is 8.41. The van der Waals surface area contributed by atoms with Crippen LogP contribution < -0.4 is 5.32 Å². The molecule has 2 aromatic carbocycles. The maximum absolute atomic E-state index is 14.3. The number of aliphatic hydroxyl groups is 1. The van der Waals surface area contributed by atoms with Crippen LogP contribution in [0.2, 0.25) is 5.02 Å². The van der Waals surface area contributed by atoms with Crippen LogP contribution in [0.4, 0.5) is 14.5 Å². The van der Waals surface area contributed by atoms with Gasteiger partial charge in [-0.05, 0) is 56.7 Å². The molecule has 0 bridgehead atoms. The minimum atomic E-state index is -1.14. The summed E-state index contributed by atoms with van der Waals surface area (Å²) >= 11 is 6.43. The van der Waals surface area contributed by atoms with Crippen molar-refractivity contribution < 1.29 is 13.9 Å². The molecule has 1 atom stereocenters. The quantitative estimate of drug-likeness (QED) is 0.385. The van der Waals surface area contributed by atoms with Crippen molar-refractivity contribution in [1.29, 1.82) is 0 Å². The summed E-state index contributed by atoms with van der Waals surface area (Å²) in [4.78, 5) is 12.9. The number of anilines is 1. The van der Waals surface area contributed by atoms with E-state index in [0.717, 1.165) is 29.3 Å². The van der Waals surface area contributed by atoms with Crippen molar-refractivity contribution in [1.82, 2.24) is 15.0 Å². The highest BCUT2D eigenvalue weighted by Gasteiger charge is 2.20. The molecule has 164 valence electrons. The van der Waals surface area contributed by atoms with Crippen LogP contribution in [0.3, 0.4) is 0 Å². The number of hydrogen-bond donors (Lipinski definition) is 2. The number of pyridine rings is 1. The average molecular weight is 455 g/mol. The topological polar surface area (TPSA) is 70.9 Å². The van der Waals surface area contributed by atoms with Gasteiger partial charge in [0, 0.05) is 35.1 Å². The molecule has 4 rings (SSSR count). The van der Waals surface area contributed by atoms with Gasteiger partial charge in [-0.1, -0.05) is 17.7 Å². The summed E-state index contributed by atoms with van der Waals surface area (Å²) in [6, 6.07) is 8.40. The summed E-state index contributed by atoms with van der Waals surface area (Å²) < 4.78 is 27.9. The van der Waals surface area contributed by atoms with Gasteiger partial charge in [0.15, 0.2) is 5.82 Å². The molecule has 0 radical (unpaired) electrons. The van der Waals surface area contributed by atoms with Crippen LogP contribution in [0, 0.1) is 11.6 Å². The van der Waals surface area contributed by atoms with E-state index < -0.39 is 23.3 Å². The van der Waals surface area contributed by atoms with Gasteiger partial charge in [-0.3, -0.25) is 4.98 Å². The molecule has 2 aromatic heterocycles. The van der Waals surface area contributed by atoms with Crippen LogP contribution in [0.25, 0.3) is 22.0 Å². The second-order valence-electron chi connectivity index (χ2n) is 8.10. The maximum atomic E-state index is 14.3.